The van der Waals surface area contributed by atoms with Gasteiger partial charge in [0.15, 0.2) is 0 Å². The zero-order chi connectivity index (χ0) is 18.7. The molecule has 0 saturated heterocycles. The minimum absolute atomic E-state index is 0.326. The lowest BCUT2D eigenvalue weighted by atomic mass is 9.87. The molecule has 0 bridgehead atoms. The third kappa shape index (κ3) is 2.25. The van der Waals surface area contributed by atoms with Gasteiger partial charge in [-0.2, -0.15) is 0 Å². The number of fused-ring (bicyclic) bond motifs is 4. The van der Waals surface area contributed by atoms with Crippen molar-refractivity contribution in [2.75, 3.05) is 0 Å². The van der Waals surface area contributed by atoms with E-state index in [1.807, 2.05) is 43.3 Å². The first-order chi connectivity index (χ1) is 13.0. The van der Waals surface area contributed by atoms with Gasteiger partial charge >= 0.3 is 5.97 Å². The van der Waals surface area contributed by atoms with Crippen LogP contribution in [0.25, 0.3) is 32.7 Å². The van der Waals surface area contributed by atoms with Crippen molar-refractivity contribution < 1.29 is 14.3 Å². The van der Waals surface area contributed by atoms with Crippen LogP contribution in [0.1, 0.15) is 18.1 Å². The van der Waals surface area contributed by atoms with E-state index in [2.05, 4.69) is 25.1 Å². The largest absolute Gasteiger partial charge is 0.456 e. The van der Waals surface area contributed by atoms with Crippen molar-refractivity contribution in [2.24, 2.45) is 0 Å². The van der Waals surface area contributed by atoms with E-state index >= 15 is 0 Å². The van der Waals surface area contributed by atoms with Crippen LogP contribution in [0.3, 0.4) is 0 Å². The minimum atomic E-state index is -0.326. The van der Waals surface area contributed by atoms with Crippen LogP contribution in [0.5, 0.6) is 17.2 Å². The molecule has 3 heteroatoms. The molecular weight excluding hydrogens is 336 g/mol. The maximum absolute atomic E-state index is 11.9. The van der Waals surface area contributed by atoms with E-state index in [-0.39, 0.29) is 5.97 Å². The van der Waals surface area contributed by atoms with Crippen LogP contribution in [0.2, 0.25) is 0 Å². The lowest BCUT2D eigenvalue weighted by Crippen LogP contribution is -2.06. The Morgan fingerprint density at radius 2 is 1.63 bits per heavy atom. The van der Waals surface area contributed by atoms with Crippen LogP contribution in [-0.2, 0) is 4.79 Å². The molecule has 27 heavy (non-hydrogen) atoms. The molecular formula is C24H18O3. The maximum atomic E-state index is 11.9. The molecule has 1 aliphatic rings. The zero-order valence-corrected chi connectivity index (χ0v) is 15.4. The molecule has 0 fully saturated rings. The van der Waals surface area contributed by atoms with E-state index in [1.165, 1.54) is 12.5 Å². The summed E-state index contributed by atoms with van der Waals surface area (Å²) >= 11 is 0. The Labute approximate surface area is 157 Å². The number of esters is 1. The molecule has 0 unspecified atom stereocenters. The average molecular weight is 354 g/mol. The third-order valence-electron chi connectivity index (χ3n) is 5.16. The van der Waals surface area contributed by atoms with Gasteiger partial charge in [0.1, 0.15) is 17.2 Å². The van der Waals surface area contributed by atoms with Crippen LogP contribution in [0.4, 0.5) is 0 Å². The number of benzene rings is 4. The molecule has 0 aromatic heterocycles. The number of carbonyl (C=O) groups is 1. The van der Waals surface area contributed by atoms with Crippen LogP contribution in [-0.4, -0.2) is 5.97 Å². The molecule has 1 heterocycles. The van der Waals surface area contributed by atoms with E-state index in [0.717, 1.165) is 49.7 Å². The highest BCUT2D eigenvalue weighted by molar-refractivity contribution is 6.21. The molecule has 0 spiro atoms. The summed E-state index contributed by atoms with van der Waals surface area (Å²) in [6, 6.07) is 18.3. The van der Waals surface area contributed by atoms with Gasteiger partial charge in [0, 0.05) is 34.2 Å². The predicted octanol–water partition coefficient (Wildman–Crippen LogP) is 6.31. The summed E-state index contributed by atoms with van der Waals surface area (Å²) in [5.74, 6) is 1.92. The van der Waals surface area contributed by atoms with Crippen molar-refractivity contribution >= 4 is 27.5 Å². The summed E-state index contributed by atoms with van der Waals surface area (Å²) < 4.78 is 11.9. The van der Waals surface area contributed by atoms with E-state index in [0.29, 0.717) is 5.75 Å². The maximum Gasteiger partial charge on any atom is 0.308 e. The first-order valence-corrected chi connectivity index (χ1v) is 9.00. The van der Waals surface area contributed by atoms with Crippen molar-refractivity contribution in [1.82, 2.24) is 0 Å². The van der Waals surface area contributed by atoms with Crippen LogP contribution in [0.15, 0.2) is 54.6 Å². The van der Waals surface area contributed by atoms with Crippen molar-refractivity contribution in [1.29, 1.82) is 0 Å². The molecule has 0 radical (unpaired) electrons. The number of hydrogen-bond acceptors (Lipinski definition) is 3. The van der Waals surface area contributed by atoms with Gasteiger partial charge in [0.2, 0.25) is 0 Å². The van der Waals surface area contributed by atoms with Crippen molar-refractivity contribution in [3.05, 3.63) is 65.7 Å². The van der Waals surface area contributed by atoms with Gasteiger partial charge in [-0.3, -0.25) is 4.79 Å². The molecule has 4 aromatic rings. The molecule has 3 nitrogen and oxygen atoms in total. The molecule has 4 aromatic carbocycles. The second-order valence-corrected chi connectivity index (χ2v) is 7.08. The van der Waals surface area contributed by atoms with Gasteiger partial charge in [-0.05, 0) is 43.0 Å². The fourth-order valence-electron chi connectivity index (χ4n) is 4.06. The van der Waals surface area contributed by atoms with E-state index in [4.69, 9.17) is 9.47 Å². The SMILES string of the molecule is CC(=O)Oc1c2ccccc2c2c3c(ccc(C)c13)Oc1ccc(C)cc1-2. The molecule has 132 valence electrons. The Hall–Kier alpha value is -3.33. The van der Waals surface area contributed by atoms with Crippen LogP contribution in [0, 0.1) is 13.8 Å². The third-order valence-corrected chi connectivity index (χ3v) is 5.16. The highest BCUT2D eigenvalue weighted by Gasteiger charge is 2.26. The van der Waals surface area contributed by atoms with Gasteiger partial charge in [0.25, 0.3) is 0 Å². The summed E-state index contributed by atoms with van der Waals surface area (Å²) in [4.78, 5) is 11.9. The lowest BCUT2D eigenvalue weighted by molar-refractivity contribution is -0.131. The van der Waals surface area contributed by atoms with Gasteiger partial charge in [-0.25, -0.2) is 0 Å². The highest BCUT2D eigenvalue weighted by atomic mass is 16.5. The quantitative estimate of drug-likeness (QED) is 0.201. The molecule has 1 aliphatic heterocycles. The first-order valence-electron chi connectivity index (χ1n) is 9.00. The van der Waals surface area contributed by atoms with Gasteiger partial charge in [-0.15, -0.1) is 0 Å². The number of aryl methyl sites for hydroxylation is 2. The predicted molar refractivity (Wildman–Crippen MR) is 108 cm³/mol. The molecule has 5 rings (SSSR count). The topological polar surface area (TPSA) is 35.5 Å². The number of carbonyl (C=O) groups excluding carboxylic acids is 1. The smallest absolute Gasteiger partial charge is 0.308 e. The van der Waals surface area contributed by atoms with Crippen molar-refractivity contribution in [3.8, 4) is 28.4 Å². The molecule has 0 aliphatic carbocycles. The van der Waals surface area contributed by atoms with Gasteiger partial charge < -0.3 is 9.47 Å². The van der Waals surface area contributed by atoms with Gasteiger partial charge in [0.05, 0.1) is 0 Å². The summed E-state index contributed by atoms with van der Waals surface area (Å²) in [5, 5.41) is 3.93. The Balaban J connectivity index is 2.07. The zero-order valence-electron chi connectivity index (χ0n) is 15.4. The fraction of sp³-hybridized carbons (Fsp3) is 0.125. The monoisotopic (exact) mass is 354 g/mol. The Kier molecular flexibility index (Phi) is 3.28. The number of rotatable bonds is 1. The van der Waals surface area contributed by atoms with Crippen LogP contribution < -0.4 is 9.47 Å². The van der Waals surface area contributed by atoms with E-state index in [1.54, 1.807) is 0 Å². The van der Waals surface area contributed by atoms with E-state index in [9.17, 15) is 4.79 Å². The average Bonchev–Trinajstić information content (AvgIpc) is 2.65. The Morgan fingerprint density at radius 1 is 0.889 bits per heavy atom. The molecule has 0 amide bonds. The summed E-state index contributed by atoms with van der Waals surface area (Å²) in [7, 11) is 0. The summed E-state index contributed by atoms with van der Waals surface area (Å²) in [6.45, 7) is 5.56. The summed E-state index contributed by atoms with van der Waals surface area (Å²) in [5.41, 5.74) is 4.44. The van der Waals surface area contributed by atoms with Crippen molar-refractivity contribution in [3.63, 3.8) is 0 Å². The second-order valence-electron chi connectivity index (χ2n) is 7.08. The normalized spacial score (nSPS) is 12.0. The first kappa shape index (κ1) is 15.9. The second kappa shape index (κ2) is 5.58. The van der Waals surface area contributed by atoms with Crippen LogP contribution >= 0.6 is 0 Å². The van der Waals surface area contributed by atoms with E-state index < -0.39 is 0 Å². The molecule has 0 saturated carbocycles. The van der Waals surface area contributed by atoms with Crippen molar-refractivity contribution in [2.45, 2.75) is 20.8 Å². The lowest BCUT2D eigenvalue weighted by Gasteiger charge is -2.25. The standard InChI is InChI=1S/C24H18O3/c1-13-8-10-19-18(12-13)22-16-6-4-5-7-17(16)24(26-15(3)25)21-14(2)9-11-20(27-19)23(21)22/h4-12H,1-3H3. The summed E-state index contributed by atoms with van der Waals surface area (Å²) in [6.07, 6.45) is 0. The molecule has 0 atom stereocenters. The Bertz CT molecular complexity index is 1270. The minimum Gasteiger partial charge on any atom is -0.456 e. The number of hydrogen-bond donors (Lipinski definition) is 0. The van der Waals surface area contributed by atoms with Gasteiger partial charge in [-0.1, -0.05) is 42.0 Å². The molecule has 0 N–H and O–H groups in total. The fourth-order valence-corrected chi connectivity index (χ4v) is 4.06. The highest BCUT2D eigenvalue weighted by Crippen LogP contribution is 2.53. The number of ether oxygens (including phenoxy) is 2. The Morgan fingerprint density at radius 3 is 2.41 bits per heavy atom.